The molecule has 0 aliphatic heterocycles. The Bertz CT molecular complexity index is 391. The molecule has 0 aromatic heterocycles. The fourth-order valence-electron chi connectivity index (χ4n) is 1.94. The SMILES string of the molecule is CCSc1cccc(N(CCO)CC(F)F)c1CN. The van der Waals surface area contributed by atoms with Crippen molar-refractivity contribution in [3.05, 3.63) is 23.8 Å². The van der Waals surface area contributed by atoms with Crippen LogP contribution in [0.5, 0.6) is 0 Å². The average Bonchev–Trinajstić information content (AvgIpc) is 2.38. The van der Waals surface area contributed by atoms with Crippen LogP contribution in [-0.2, 0) is 6.54 Å². The standard InChI is InChI=1S/C13H20F2N2OS/c1-2-19-12-5-3-4-11(10(12)8-16)17(6-7-18)9-13(14)15/h3-5,13,18H,2,6-9,16H2,1H3. The summed E-state index contributed by atoms with van der Waals surface area (Å²) in [6.07, 6.45) is -2.44. The molecule has 0 aliphatic carbocycles. The second kappa shape index (κ2) is 8.35. The number of rotatable bonds is 8. The molecule has 0 bridgehead atoms. The van der Waals surface area contributed by atoms with Crippen molar-refractivity contribution in [2.45, 2.75) is 24.8 Å². The first-order valence-corrected chi connectivity index (χ1v) is 7.21. The highest BCUT2D eigenvalue weighted by molar-refractivity contribution is 7.99. The number of nitrogens with zero attached hydrogens (tertiary/aromatic N) is 1. The summed E-state index contributed by atoms with van der Waals surface area (Å²) < 4.78 is 25.2. The Kier molecular flexibility index (Phi) is 7.12. The van der Waals surface area contributed by atoms with Crippen LogP contribution in [0.2, 0.25) is 0 Å². The predicted molar refractivity (Wildman–Crippen MR) is 76.0 cm³/mol. The molecule has 0 atom stereocenters. The Morgan fingerprint density at radius 3 is 2.68 bits per heavy atom. The lowest BCUT2D eigenvalue weighted by Crippen LogP contribution is -2.32. The Labute approximate surface area is 116 Å². The molecule has 0 unspecified atom stereocenters. The third-order valence-electron chi connectivity index (χ3n) is 2.68. The van der Waals surface area contributed by atoms with Crippen LogP contribution in [-0.4, -0.2) is 37.0 Å². The Morgan fingerprint density at radius 2 is 2.16 bits per heavy atom. The van der Waals surface area contributed by atoms with Crippen molar-refractivity contribution in [2.24, 2.45) is 5.73 Å². The number of benzene rings is 1. The van der Waals surface area contributed by atoms with E-state index in [9.17, 15) is 8.78 Å². The summed E-state index contributed by atoms with van der Waals surface area (Å²) in [4.78, 5) is 2.51. The number of thioether (sulfide) groups is 1. The monoisotopic (exact) mass is 290 g/mol. The fourth-order valence-corrected chi connectivity index (χ4v) is 2.79. The number of aliphatic hydroxyl groups excluding tert-OH is 1. The van der Waals surface area contributed by atoms with E-state index in [0.717, 1.165) is 16.2 Å². The molecule has 0 radical (unpaired) electrons. The molecule has 19 heavy (non-hydrogen) atoms. The van der Waals surface area contributed by atoms with Crippen LogP contribution < -0.4 is 10.6 Å². The normalized spacial score (nSPS) is 11.1. The lowest BCUT2D eigenvalue weighted by atomic mass is 10.1. The van der Waals surface area contributed by atoms with Gasteiger partial charge in [0.1, 0.15) is 0 Å². The Balaban J connectivity index is 3.09. The van der Waals surface area contributed by atoms with Gasteiger partial charge in [-0.1, -0.05) is 13.0 Å². The third-order valence-corrected chi connectivity index (χ3v) is 3.66. The molecule has 108 valence electrons. The Morgan fingerprint density at radius 1 is 1.42 bits per heavy atom. The minimum Gasteiger partial charge on any atom is -0.395 e. The number of anilines is 1. The van der Waals surface area contributed by atoms with Crippen molar-refractivity contribution in [1.82, 2.24) is 0 Å². The zero-order valence-corrected chi connectivity index (χ0v) is 11.8. The zero-order chi connectivity index (χ0) is 14.3. The van der Waals surface area contributed by atoms with Crippen LogP contribution in [0.4, 0.5) is 14.5 Å². The summed E-state index contributed by atoms with van der Waals surface area (Å²) in [5.74, 6) is 0.894. The van der Waals surface area contributed by atoms with E-state index in [1.54, 1.807) is 17.8 Å². The van der Waals surface area contributed by atoms with E-state index in [-0.39, 0.29) is 13.2 Å². The first-order chi connectivity index (χ1) is 9.13. The molecule has 0 aliphatic rings. The predicted octanol–water partition coefficient (Wildman–Crippen LogP) is 2.32. The summed E-state index contributed by atoms with van der Waals surface area (Å²) >= 11 is 1.64. The van der Waals surface area contributed by atoms with Crippen molar-refractivity contribution in [3.8, 4) is 0 Å². The molecule has 0 heterocycles. The van der Waals surface area contributed by atoms with Gasteiger partial charge in [-0.05, 0) is 17.9 Å². The smallest absolute Gasteiger partial charge is 0.255 e. The molecule has 6 heteroatoms. The molecule has 0 saturated heterocycles. The molecule has 3 nitrogen and oxygen atoms in total. The first-order valence-electron chi connectivity index (χ1n) is 6.22. The number of hydrogen-bond donors (Lipinski definition) is 2. The first kappa shape index (κ1) is 16.2. The van der Waals surface area contributed by atoms with Gasteiger partial charge in [-0.15, -0.1) is 11.8 Å². The van der Waals surface area contributed by atoms with Crippen molar-refractivity contribution in [1.29, 1.82) is 0 Å². The summed E-state index contributed by atoms with van der Waals surface area (Å²) in [6, 6.07) is 5.56. The van der Waals surface area contributed by atoms with Gasteiger partial charge in [-0.2, -0.15) is 0 Å². The number of nitrogens with two attached hydrogens (primary N) is 1. The minimum atomic E-state index is -2.44. The van der Waals surface area contributed by atoms with E-state index >= 15 is 0 Å². The molecule has 1 aromatic carbocycles. The largest absolute Gasteiger partial charge is 0.395 e. The van der Waals surface area contributed by atoms with Crippen molar-refractivity contribution >= 4 is 17.4 Å². The van der Waals surface area contributed by atoms with Gasteiger partial charge in [-0.25, -0.2) is 8.78 Å². The topological polar surface area (TPSA) is 49.5 Å². The maximum atomic E-state index is 12.6. The van der Waals surface area contributed by atoms with Gasteiger partial charge >= 0.3 is 0 Å². The molecule has 1 aromatic rings. The number of halogens is 2. The van der Waals surface area contributed by atoms with Gasteiger partial charge in [0.2, 0.25) is 0 Å². The van der Waals surface area contributed by atoms with Gasteiger partial charge in [-0.3, -0.25) is 0 Å². The third kappa shape index (κ3) is 4.63. The highest BCUT2D eigenvalue weighted by Crippen LogP contribution is 2.30. The molecular weight excluding hydrogens is 270 g/mol. The van der Waals surface area contributed by atoms with Crippen molar-refractivity contribution < 1.29 is 13.9 Å². The van der Waals surface area contributed by atoms with E-state index in [4.69, 9.17) is 10.8 Å². The second-order valence-electron chi connectivity index (χ2n) is 3.95. The number of aliphatic hydroxyl groups is 1. The maximum Gasteiger partial charge on any atom is 0.255 e. The zero-order valence-electron chi connectivity index (χ0n) is 11.0. The van der Waals surface area contributed by atoms with Crippen LogP contribution in [0.25, 0.3) is 0 Å². The van der Waals surface area contributed by atoms with Crippen molar-refractivity contribution in [2.75, 3.05) is 30.3 Å². The van der Waals surface area contributed by atoms with Gasteiger partial charge in [0, 0.05) is 29.2 Å². The highest BCUT2D eigenvalue weighted by Gasteiger charge is 2.17. The summed E-state index contributed by atoms with van der Waals surface area (Å²) in [6.45, 7) is 1.94. The van der Waals surface area contributed by atoms with E-state index in [0.29, 0.717) is 12.2 Å². The van der Waals surface area contributed by atoms with Gasteiger partial charge in [0.05, 0.1) is 13.2 Å². The fraction of sp³-hybridized carbons (Fsp3) is 0.538. The highest BCUT2D eigenvalue weighted by atomic mass is 32.2. The lowest BCUT2D eigenvalue weighted by molar-refractivity contribution is 0.152. The number of alkyl halides is 2. The van der Waals surface area contributed by atoms with Crippen LogP contribution in [0.15, 0.2) is 23.1 Å². The Hall–Kier alpha value is -0.850. The molecule has 0 amide bonds. The lowest BCUT2D eigenvalue weighted by Gasteiger charge is -2.27. The van der Waals surface area contributed by atoms with Crippen LogP contribution in [0.1, 0.15) is 12.5 Å². The maximum absolute atomic E-state index is 12.6. The summed E-state index contributed by atoms with van der Waals surface area (Å²) in [5, 5.41) is 9.02. The quantitative estimate of drug-likeness (QED) is 0.721. The molecule has 0 saturated carbocycles. The van der Waals surface area contributed by atoms with E-state index in [1.165, 1.54) is 4.90 Å². The molecule has 0 fully saturated rings. The van der Waals surface area contributed by atoms with E-state index in [1.807, 2.05) is 19.1 Å². The summed E-state index contributed by atoms with van der Waals surface area (Å²) in [5.41, 5.74) is 7.31. The minimum absolute atomic E-state index is 0.165. The average molecular weight is 290 g/mol. The van der Waals surface area contributed by atoms with Crippen molar-refractivity contribution in [3.63, 3.8) is 0 Å². The molecule has 0 spiro atoms. The van der Waals surface area contributed by atoms with Gasteiger partial charge < -0.3 is 15.7 Å². The van der Waals surface area contributed by atoms with Gasteiger partial charge in [0.25, 0.3) is 6.43 Å². The van der Waals surface area contributed by atoms with Crippen LogP contribution in [0, 0.1) is 0 Å². The van der Waals surface area contributed by atoms with E-state index < -0.39 is 13.0 Å². The second-order valence-corrected chi connectivity index (χ2v) is 5.26. The van der Waals surface area contributed by atoms with Crippen LogP contribution in [0.3, 0.4) is 0 Å². The van der Waals surface area contributed by atoms with E-state index in [2.05, 4.69) is 0 Å². The summed E-state index contributed by atoms with van der Waals surface area (Å²) in [7, 11) is 0. The van der Waals surface area contributed by atoms with Crippen LogP contribution >= 0.6 is 11.8 Å². The molecule has 3 N–H and O–H groups in total. The molecular formula is C13H20F2N2OS. The number of hydrogen-bond acceptors (Lipinski definition) is 4. The van der Waals surface area contributed by atoms with Gasteiger partial charge in [0.15, 0.2) is 0 Å². The molecule has 1 rings (SSSR count).